The molecule has 2 heterocycles. The van der Waals surface area contributed by atoms with Gasteiger partial charge in [-0.1, -0.05) is 20.3 Å². The molecule has 20 heavy (non-hydrogen) atoms. The Morgan fingerprint density at radius 3 is 2.65 bits per heavy atom. The lowest BCUT2D eigenvalue weighted by Gasteiger charge is -2.25. The van der Waals surface area contributed by atoms with Gasteiger partial charge < -0.3 is 10.0 Å². The minimum atomic E-state index is -0.831. The fourth-order valence-corrected chi connectivity index (χ4v) is 3.56. The van der Waals surface area contributed by atoms with E-state index in [1.165, 1.54) is 43.7 Å². The topological polar surface area (TPSA) is 53.4 Å². The molecule has 0 aliphatic carbocycles. The number of hydrogen-bond donors (Lipinski definition) is 1. The minimum Gasteiger partial charge on any atom is -0.477 e. The van der Waals surface area contributed by atoms with Gasteiger partial charge in [0.2, 0.25) is 0 Å². The maximum atomic E-state index is 11.3. The SMILES string of the molecule is CC(C)Cc1nc(CCN2CCCCC2)sc1C(=O)O. The van der Waals surface area contributed by atoms with Gasteiger partial charge in [-0.05, 0) is 38.3 Å². The maximum Gasteiger partial charge on any atom is 0.347 e. The molecule has 0 atom stereocenters. The Kier molecular flexibility index (Phi) is 5.54. The normalized spacial score (nSPS) is 16.8. The first-order valence-corrected chi connectivity index (χ1v) is 8.32. The van der Waals surface area contributed by atoms with Crippen LogP contribution in [0.15, 0.2) is 0 Å². The summed E-state index contributed by atoms with van der Waals surface area (Å²) in [5, 5.41) is 10.2. The third-order valence-corrected chi connectivity index (χ3v) is 4.77. The molecular weight excluding hydrogens is 272 g/mol. The molecule has 1 aromatic rings. The van der Waals surface area contributed by atoms with Gasteiger partial charge in [0.05, 0.1) is 10.7 Å². The molecule has 0 radical (unpaired) electrons. The number of hydrogen-bond acceptors (Lipinski definition) is 4. The van der Waals surface area contributed by atoms with Crippen molar-refractivity contribution in [2.24, 2.45) is 5.92 Å². The van der Waals surface area contributed by atoms with Crippen LogP contribution in [0.2, 0.25) is 0 Å². The van der Waals surface area contributed by atoms with E-state index in [2.05, 4.69) is 23.7 Å². The van der Waals surface area contributed by atoms with Crippen LogP contribution in [-0.2, 0) is 12.8 Å². The second-order valence-electron chi connectivity index (χ2n) is 5.94. The number of likely N-dealkylation sites (tertiary alicyclic amines) is 1. The van der Waals surface area contributed by atoms with E-state index < -0.39 is 5.97 Å². The van der Waals surface area contributed by atoms with Crippen molar-refractivity contribution in [1.82, 2.24) is 9.88 Å². The van der Waals surface area contributed by atoms with Crippen molar-refractivity contribution in [3.63, 3.8) is 0 Å². The van der Waals surface area contributed by atoms with E-state index >= 15 is 0 Å². The zero-order valence-electron chi connectivity index (χ0n) is 12.4. The lowest BCUT2D eigenvalue weighted by molar-refractivity contribution is 0.0700. The van der Waals surface area contributed by atoms with Crippen LogP contribution in [0.5, 0.6) is 0 Å². The number of carboxylic acids is 1. The smallest absolute Gasteiger partial charge is 0.347 e. The van der Waals surface area contributed by atoms with E-state index in [1.54, 1.807) is 0 Å². The number of piperidine rings is 1. The van der Waals surface area contributed by atoms with Crippen molar-refractivity contribution in [2.75, 3.05) is 19.6 Å². The van der Waals surface area contributed by atoms with Gasteiger partial charge in [-0.2, -0.15) is 0 Å². The zero-order chi connectivity index (χ0) is 14.5. The first-order chi connectivity index (χ1) is 9.56. The summed E-state index contributed by atoms with van der Waals surface area (Å²) in [5.41, 5.74) is 0.770. The molecule has 1 fully saturated rings. The number of carbonyl (C=O) groups is 1. The average molecular weight is 296 g/mol. The predicted molar refractivity (Wildman–Crippen MR) is 81.6 cm³/mol. The quantitative estimate of drug-likeness (QED) is 0.876. The number of rotatable bonds is 6. The average Bonchev–Trinajstić information content (AvgIpc) is 2.80. The molecule has 0 unspecified atom stereocenters. The molecule has 1 aliphatic rings. The van der Waals surface area contributed by atoms with E-state index in [0.29, 0.717) is 10.8 Å². The van der Waals surface area contributed by atoms with Gasteiger partial charge in [-0.15, -0.1) is 11.3 Å². The Labute approximate surface area is 124 Å². The zero-order valence-corrected chi connectivity index (χ0v) is 13.2. The van der Waals surface area contributed by atoms with Gasteiger partial charge in [0, 0.05) is 13.0 Å². The summed E-state index contributed by atoms with van der Waals surface area (Å²) in [5.74, 6) is -0.396. The van der Waals surface area contributed by atoms with Crippen LogP contribution >= 0.6 is 11.3 Å². The van der Waals surface area contributed by atoms with Crippen LogP contribution < -0.4 is 0 Å². The number of aromatic carboxylic acids is 1. The molecule has 1 aromatic heterocycles. The molecule has 0 amide bonds. The molecule has 0 bridgehead atoms. The van der Waals surface area contributed by atoms with Crippen molar-refractivity contribution >= 4 is 17.3 Å². The molecule has 2 rings (SSSR count). The van der Waals surface area contributed by atoms with Gasteiger partial charge in [-0.25, -0.2) is 9.78 Å². The molecule has 0 spiro atoms. The standard InChI is InChI=1S/C15H24N2O2S/c1-11(2)10-12-14(15(18)19)20-13(16-12)6-9-17-7-4-3-5-8-17/h11H,3-10H2,1-2H3,(H,18,19). The van der Waals surface area contributed by atoms with Crippen LogP contribution in [0.1, 0.15) is 53.5 Å². The summed E-state index contributed by atoms with van der Waals surface area (Å²) < 4.78 is 0. The highest BCUT2D eigenvalue weighted by Gasteiger charge is 2.18. The molecule has 5 heteroatoms. The summed E-state index contributed by atoms with van der Waals surface area (Å²) in [6.45, 7) is 7.55. The first kappa shape index (κ1) is 15.4. The molecule has 0 aromatic carbocycles. The largest absolute Gasteiger partial charge is 0.477 e. The number of aromatic nitrogens is 1. The summed E-state index contributed by atoms with van der Waals surface area (Å²) >= 11 is 1.36. The highest BCUT2D eigenvalue weighted by Crippen LogP contribution is 2.22. The molecule has 112 valence electrons. The predicted octanol–water partition coefficient (Wildman–Crippen LogP) is 3.07. The number of nitrogens with zero attached hydrogens (tertiary/aromatic N) is 2. The fraction of sp³-hybridized carbons (Fsp3) is 0.733. The van der Waals surface area contributed by atoms with E-state index in [1.807, 2.05) is 0 Å². The van der Waals surface area contributed by atoms with Crippen molar-refractivity contribution in [3.05, 3.63) is 15.6 Å². The van der Waals surface area contributed by atoms with Crippen molar-refractivity contribution in [1.29, 1.82) is 0 Å². The molecule has 4 nitrogen and oxygen atoms in total. The summed E-state index contributed by atoms with van der Waals surface area (Å²) in [6.07, 6.45) is 5.55. The van der Waals surface area contributed by atoms with Crippen LogP contribution in [0.25, 0.3) is 0 Å². The Morgan fingerprint density at radius 1 is 1.35 bits per heavy atom. The van der Waals surface area contributed by atoms with Crippen molar-refractivity contribution in [3.8, 4) is 0 Å². The highest BCUT2D eigenvalue weighted by atomic mass is 32.1. The van der Waals surface area contributed by atoms with Crippen molar-refractivity contribution < 1.29 is 9.90 Å². The first-order valence-electron chi connectivity index (χ1n) is 7.50. The molecule has 1 N–H and O–H groups in total. The van der Waals surface area contributed by atoms with Gasteiger partial charge in [0.15, 0.2) is 0 Å². The molecule has 1 aliphatic heterocycles. The molecule has 0 saturated carbocycles. The van der Waals surface area contributed by atoms with Gasteiger partial charge in [0.1, 0.15) is 4.88 Å². The Bertz CT molecular complexity index is 451. The monoisotopic (exact) mass is 296 g/mol. The van der Waals surface area contributed by atoms with Crippen LogP contribution in [0.3, 0.4) is 0 Å². The second kappa shape index (κ2) is 7.18. The third kappa shape index (κ3) is 4.28. The molecule has 1 saturated heterocycles. The van der Waals surface area contributed by atoms with Crippen molar-refractivity contribution in [2.45, 2.75) is 46.0 Å². The van der Waals surface area contributed by atoms with Gasteiger partial charge in [0.25, 0.3) is 0 Å². The Hall–Kier alpha value is -0.940. The summed E-state index contributed by atoms with van der Waals surface area (Å²) in [4.78, 5) is 18.8. The Balaban J connectivity index is 1.98. The molecular formula is C15H24N2O2S. The summed E-state index contributed by atoms with van der Waals surface area (Å²) in [6, 6.07) is 0. The lowest BCUT2D eigenvalue weighted by Crippen LogP contribution is -2.31. The summed E-state index contributed by atoms with van der Waals surface area (Å²) in [7, 11) is 0. The van der Waals surface area contributed by atoms with E-state index in [9.17, 15) is 9.90 Å². The van der Waals surface area contributed by atoms with Crippen LogP contribution in [0, 0.1) is 5.92 Å². The third-order valence-electron chi connectivity index (χ3n) is 3.63. The van der Waals surface area contributed by atoms with Crippen LogP contribution in [0.4, 0.5) is 0 Å². The fourth-order valence-electron chi connectivity index (χ4n) is 2.64. The van der Waals surface area contributed by atoms with Gasteiger partial charge in [-0.3, -0.25) is 0 Å². The minimum absolute atomic E-state index is 0.435. The van der Waals surface area contributed by atoms with E-state index in [0.717, 1.165) is 30.1 Å². The number of carboxylic acid groups (broad SMARTS) is 1. The van der Waals surface area contributed by atoms with Crippen LogP contribution in [-0.4, -0.2) is 40.6 Å². The van der Waals surface area contributed by atoms with E-state index in [4.69, 9.17) is 0 Å². The number of thiazole rings is 1. The highest BCUT2D eigenvalue weighted by molar-refractivity contribution is 7.13. The lowest BCUT2D eigenvalue weighted by atomic mass is 10.1. The van der Waals surface area contributed by atoms with Gasteiger partial charge >= 0.3 is 5.97 Å². The Morgan fingerprint density at radius 2 is 2.05 bits per heavy atom. The van der Waals surface area contributed by atoms with E-state index in [-0.39, 0.29) is 0 Å². The second-order valence-corrected chi connectivity index (χ2v) is 7.02. The maximum absolute atomic E-state index is 11.3.